The van der Waals surface area contributed by atoms with E-state index in [4.69, 9.17) is 21.3 Å². The maximum Gasteiger partial charge on any atom is 0.203 e. The number of nitrogens with zero attached hydrogens (tertiary/aromatic N) is 2. The van der Waals surface area contributed by atoms with Gasteiger partial charge in [-0.15, -0.1) is 0 Å². The first kappa shape index (κ1) is 16.3. The summed E-state index contributed by atoms with van der Waals surface area (Å²) in [6, 6.07) is 11.6. The fraction of sp³-hybridized carbons (Fsp3) is 0.333. The first-order chi connectivity index (χ1) is 11.5. The predicted molar refractivity (Wildman–Crippen MR) is 93.1 cm³/mol. The Labute approximate surface area is 141 Å². The lowest BCUT2D eigenvalue weighted by atomic mass is 9.86. The second kappa shape index (κ2) is 6.49. The highest BCUT2D eigenvalue weighted by Crippen LogP contribution is 2.37. The highest BCUT2D eigenvalue weighted by atomic mass is 16.5. The molecule has 0 saturated carbocycles. The van der Waals surface area contributed by atoms with Crippen LogP contribution in [-0.4, -0.2) is 29.5 Å². The molecule has 126 valence electrons. The van der Waals surface area contributed by atoms with Crippen molar-refractivity contribution in [3.8, 4) is 5.75 Å². The third-order valence-corrected chi connectivity index (χ3v) is 4.33. The van der Waals surface area contributed by atoms with Gasteiger partial charge in [0.25, 0.3) is 0 Å². The third-order valence-electron chi connectivity index (χ3n) is 4.33. The van der Waals surface area contributed by atoms with Gasteiger partial charge in [0.1, 0.15) is 17.3 Å². The number of rotatable bonds is 2. The monoisotopic (exact) mass is 325 g/mol. The number of aromatic nitrogens is 1. The molecule has 24 heavy (non-hydrogen) atoms. The van der Waals surface area contributed by atoms with E-state index in [1.54, 1.807) is 37.3 Å². The standard InChI is InChI=1S/C18H23N5O/c1-22(2)18(21)23-11-12(7-10-17(23)20)24-16-9-8-15(19)13-5-3-4-6-14(13)16/h3-7,10-11,15-16,20-21H,8-9,19H2,1-2H3. The van der Waals surface area contributed by atoms with Crippen molar-refractivity contribution >= 4 is 5.96 Å². The number of fused-ring (bicyclic) bond motifs is 1. The zero-order valence-electron chi connectivity index (χ0n) is 14.0. The van der Waals surface area contributed by atoms with Gasteiger partial charge in [0.2, 0.25) is 5.96 Å². The molecule has 6 heteroatoms. The van der Waals surface area contributed by atoms with E-state index >= 15 is 0 Å². The Morgan fingerprint density at radius 2 is 1.88 bits per heavy atom. The van der Waals surface area contributed by atoms with Crippen LogP contribution in [0.25, 0.3) is 0 Å². The summed E-state index contributed by atoms with van der Waals surface area (Å²) < 4.78 is 7.68. The second-order valence-electron chi connectivity index (χ2n) is 6.26. The van der Waals surface area contributed by atoms with Crippen LogP contribution in [-0.2, 0) is 0 Å². The fourth-order valence-corrected chi connectivity index (χ4v) is 3.01. The molecule has 2 unspecified atom stereocenters. The number of nitrogens with two attached hydrogens (primary N) is 1. The second-order valence-corrected chi connectivity index (χ2v) is 6.26. The minimum atomic E-state index is -0.0560. The van der Waals surface area contributed by atoms with Gasteiger partial charge in [-0.05, 0) is 36.1 Å². The van der Waals surface area contributed by atoms with Crippen LogP contribution in [0.2, 0.25) is 0 Å². The molecule has 2 atom stereocenters. The van der Waals surface area contributed by atoms with Crippen LogP contribution in [0.15, 0.2) is 42.6 Å². The molecule has 1 aliphatic rings. The lowest BCUT2D eigenvalue weighted by molar-refractivity contribution is 0.176. The SMILES string of the molecule is CN(C)C(=N)n1cc(OC2CCC(N)c3ccccc32)ccc1=N. The molecule has 3 rings (SSSR count). The summed E-state index contributed by atoms with van der Waals surface area (Å²) in [4.78, 5) is 1.65. The molecule has 0 bridgehead atoms. The quantitative estimate of drug-likeness (QED) is 0.584. The average Bonchev–Trinajstić information content (AvgIpc) is 2.58. The molecule has 1 aromatic heterocycles. The van der Waals surface area contributed by atoms with E-state index in [2.05, 4.69) is 12.1 Å². The first-order valence-corrected chi connectivity index (χ1v) is 8.02. The minimum absolute atomic E-state index is 0.0560. The van der Waals surface area contributed by atoms with Crippen molar-refractivity contribution in [2.24, 2.45) is 5.73 Å². The zero-order chi connectivity index (χ0) is 17.3. The molecule has 1 aromatic carbocycles. The molecule has 0 saturated heterocycles. The number of ether oxygens (including phenoxy) is 1. The molecule has 0 amide bonds. The topological polar surface area (TPSA) is 91.1 Å². The van der Waals surface area contributed by atoms with Gasteiger partial charge in [-0.1, -0.05) is 24.3 Å². The normalized spacial score (nSPS) is 19.5. The number of benzene rings is 1. The lowest BCUT2D eigenvalue weighted by Crippen LogP contribution is -2.35. The molecule has 0 aliphatic heterocycles. The van der Waals surface area contributed by atoms with Gasteiger partial charge in [0.15, 0.2) is 0 Å². The molecule has 1 heterocycles. The van der Waals surface area contributed by atoms with Crippen molar-refractivity contribution in [3.05, 3.63) is 59.2 Å². The van der Waals surface area contributed by atoms with E-state index in [1.807, 2.05) is 12.1 Å². The summed E-state index contributed by atoms with van der Waals surface area (Å²) in [5.74, 6) is 0.865. The summed E-state index contributed by atoms with van der Waals surface area (Å²) in [5, 5.41) is 16.1. The summed E-state index contributed by atoms with van der Waals surface area (Å²) in [7, 11) is 3.56. The Balaban J connectivity index is 1.90. The maximum atomic E-state index is 8.08. The lowest BCUT2D eigenvalue weighted by Gasteiger charge is -2.30. The number of hydrogen-bond acceptors (Lipinski definition) is 4. The summed E-state index contributed by atoms with van der Waals surface area (Å²) in [5.41, 5.74) is 8.71. The van der Waals surface area contributed by atoms with E-state index < -0.39 is 0 Å². The van der Waals surface area contributed by atoms with Crippen LogP contribution in [0.3, 0.4) is 0 Å². The predicted octanol–water partition coefficient (Wildman–Crippen LogP) is 2.23. The Hall–Kier alpha value is -2.60. The molecule has 0 radical (unpaired) electrons. The summed E-state index contributed by atoms with van der Waals surface area (Å²) >= 11 is 0. The van der Waals surface area contributed by atoms with E-state index in [0.717, 1.165) is 24.0 Å². The average molecular weight is 325 g/mol. The molecule has 1 aliphatic carbocycles. The van der Waals surface area contributed by atoms with E-state index in [1.165, 1.54) is 4.57 Å². The highest BCUT2D eigenvalue weighted by Gasteiger charge is 2.26. The van der Waals surface area contributed by atoms with Crippen LogP contribution in [0.5, 0.6) is 5.75 Å². The van der Waals surface area contributed by atoms with Gasteiger partial charge in [-0.25, -0.2) is 0 Å². The Kier molecular flexibility index (Phi) is 4.40. The highest BCUT2D eigenvalue weighted by molar-refractivity contribution is 5.78. The zero-order valence-corrected chi connectivity index (χ0v) is 14.0. The molecule has 2 aromatic rings. The molecule has 6 nitrogen and oxygen atoms in total. The number of hydrogen-bond donors (Lipinski definition) is 3. The third kappa shape index (κ3) is 3.05. The van der Waals surface area contributed by atoms with Gasteiger partial charge in [-0.3, -0.25) is 15.4 Å². The maximum absolute atomic E-state index is 8.08. The van der Waals surface area contributed by atoms with Crippen LogP contribution in [0.1, 0.15) is 36.1 Å². The fourth-order valence-electron chi connectivity index (χ4n) is 3.01. The van der Waals surface area contributed by atoms with Gasteiger partial charge in [0.05, 0.1) is 6.20 Å². The van der Waals surface area contributed by atoms with Crippen LogP contribution in [0, 0.1) is 10.8 Å². The van der Waals surface area contributed by atoms with Gasteiger partial charge < -0.3 is 15.4 Å². The van der Waals surface area contributed by atoms with Gasteiger partial charge in [-0.2, -0.15) is 0 Å². The van der Waals surface area contributed by atoms with Gasteiger partial charge in [0, 0.05) is 20.1 Å². The van der Waals surface area contributed by atoms with Crippen LogP contribution >= 0.6 is 0 Å². The summed E-state index contributed by atoms with van der Waals surface area (Å²) in [6.45, 7) is 0. The smallest absolute Gasteiger partial charge is 0.203 e. The van der Waals surface area contributed by atoms with Gasteiger partial charge >= 0.3 is 0 Å². The molecule has 4 N–H and O–H groups in total. The van der Waals surface area contributed by atoms with Crippen molar-refractivity contribution in [3.63, 3.8) is 0 Å². The van der Waals surface area contributed by atoms with E-state index in [0.29, 0.717) is 5.75 Å². The van der Waals surface area contributed by atoms with Crippen LogP contribution in [0.4, 0.5) is 0 Å². The molecule has 0 spiro atoms. The van der Waals surface area contributed by atoms with Crippen molar-refractivity contribution in [1.29, 1.82) is 10.8 Å². The molecular formula is C18H23N5O. The molecular weight excluding hydrogens is 302 g/mol. The number of nitrogens with one attached hydrogen (secondary N) is 2. The van der Waals surface area contributed by atoms with Crippen molar-refractivity contribution in [2.75, 3.05) is 14.1 Å². The van der Waals surface area contributed by atoms with Crippen molar-refractivity contribution < 1.29 is 4.74 Å². The number of pyridine rings is 1. The Bertz CT molecular complexity index is 811. The first-order valence-electron chi connectivity index (χ1n) is 8.02. The van der Waals surface area contributed by atoms with Crippen molar-refractivity contribution in [2.45, 2.75) is 25.0 Å². The van der Waals surface area contributed by atoms with Crippen LogP contribution < -0.4 is 16.0 Å². The minimum Gasteiger partial charge on any atom is -0.484 e. The summed E-state index contributed by atoms with van der Waals surface area (Å²) in [6.07, 6.45) is 3.37. The van der Waals surface area contributed by atoms with E-state index in [9.17, 15) is 0 Å². The van der Waals surface area contributed by atoms with Crippen molar-refractivity contribution in [1.82, 2.24) is 9.47 Å². The Morgan fingerprint density at radius 1 is 1.17 bits per heavy atom. The largest absolute Gasteiger partial charge is 0.484 e. The Morgan fingerprint density at radius 3 is 2.58 bits per heavy atom. The molecule has 0 fully saturated rings. The van der Waals surface area contributed by atoms with E-state index in [-0.39, 0.29) is 23.6 Å².